The molecule has 0 N–H and O–H groups in total. The van der Waals surface area contributed by atoms with Crippen molar-refractivity contribution in [3.8, 4) is 10.6 Å². The maximum atomic E-state index is 12.5. The molecule has 0 radical (unpaired) electrons. The zero-order valence-electron chi connectivity index (χ0n) is 13.2. The van der Waals surface area contributed by atoms with Crippen LogP contribution in [0.3, 0.4) is 0 Å². The molecule has 0 bridgehead atoms. The molecule has 5 heteroatoms. The molecular formula is C17H21N3OS. The van der Waals surface area contributed by atoms with Gasteiger partial charge in [0.1, 0.15) is 5.01 Å². The summed E-state index contributed by atoms with van der Waals surface area (Å²) < 4.78 is 0. The van der Waals surface area contributed by atoms with Crippen LogP contribution in [0, 0.1) is 18.8 Å². The van der Waals surface area contributed by atoms with Gasteiger partial charge in [-0.15, -0.1) is 10.2 Å². The molecule has 0 saturated heterocycles. The predicted octanol–water partition coefficient (Wildman–Crippen LogP) is 3.91. The number of carbonyl (C=O) groups excluding carboxylic acids is 1. The fourth-order valence-corrected chi connectivity index (χ4v) is 3.37. The van der Waals surface area contributed by atoms with E-state index < -0.39 is 0 Å². The molecular weight excluding hydrogens is 294 g/mol. The van der Waals surface area contributed by atoms with Crippen LogP contribution in [0.2, 0.25) is 0 Å². The number of aromatic nitrogens is 2. The van der Waals surface area contributed by atoms with Crippen molar-refractivity contribution >= 4 is 22.4 Å². The third kappa shape index (κ3) is 3.19. The monoisotopic (exact) mass is 315 g/mol. The van der Waals surface area contributed by atoms with Crippen LogP contribution in [0.4, 0.5) is 5.13 Å². The van der Waals surface area contributed by atoms with Crippen LogP contribution in [0.25, 0.3) is 10.6 Å². The van der Waals surface area contributed by atoms with Gasteiger partial charge in [-0.2, -0.15) is 0 Å². The summed E-state index contributed by atoms with van der Waals surface area (Å²) in [6, 6.07) is 8.14. The highest BCUT2D eigenvalue weighted by Gasteiger charge is 2.35. The molecule has 0 atom stereocenters. The molecule has 1 aromatic carbocycles. The quantitative estimate of drug-likeness (QED) is 0.840. The number of benzene rings is 1. The summed E-state index contributed by atoms with van der Waals surface area (Å²) in [5, 5.41) is 10.2. The van der Waals surface area contributed by atoms with Gasteiger partial charge >= 0.3 is 0 Å². The highest BCUT2D eigenvalue weighted by molar-refractivity contribution is 7.18. The Kier molecular flexibility index (Phi) is 4.25. The highest BCUT2D eigenvalue weighted by Crippen LogP contribution is 2.36. The topological polar surface area (TPSA) is 46.1 Å². The van der Waals surface area contributed by atoms with Crippen LogP contribution >= 0.6 is 11.3 Å². The SMILES string of the molecule is Cc1ccccc1-c1nnc(N(CC(C)C)C(=O)C2CC2)s1. The summed E-state index contributed by atoms with van der Waals surface area (Å²) in [7, 11) is 0. The Morgan fingerprint density at radius 2 is 2.05 bits per heavy atom. The molecule has 0 unspecified atom stereocenters. The number of aryl methyl sites for hydroxylation is 1. The van der Waals surface area contributed by atoms with Crippen molar-refractivity contribution in [1.82, 2.24) is 10.2 Å². The second-order valence-corrected chi connectivity index (χ2v) is 7.28. The molecule has 4 nitrogen and oxygen atoms in total. The van der Waals surface area contributed by atoms with Gasteiger partial charge in [-0.25, -0.2) is 0 Å². The van der Waals surface area contributed by atoms with E-state index >= 15 is 0 Å². The minimum Gasteiger partial charge on any atom is -0.286 e. The Hall–Kier alpha value is -1.75. The number of amides is 1. The molecule has 0 aliphatic heterocycles. The number of anilines is 1. The smallest absolute Gasteiger partial charge is 0.231 e. The normalized spacial score (nSPS) is 14.4. The summed E-state index contributed by atoms with van der Waals surface area (Å²) >= 11 is 1.51. The fraction of sp³-hybridized carbons (Fsp3) is 0.471. The molecule has 1 heterocycles. The van der Waals surface area contributed by atoms with Crippen molar-refractivity contribution in [3.63, 3.8) is 0 Å². The van der Waals surface area contributed by atoms with Crippen LogP contribution in [0.15, 0.2) is 24.3 Å². The minimum atomic E-state index is 0.199. The Morgan fingerprint density at radius 3 is 2.68 bits per heavy atom. The van der Waals surface area contributed by atoms with E-state index in [1.807, 2.05) is 17.0 Å². The van der Waals surface area contributed by atoms with Crippen LogP contribution < -0.4 is 4.90 Å². The fourth-order valence-electron chi connectivity index (χ4n) is 2.42. The molecule has 1 fully saturated rings. The van der Waals surface area contributed by atoms with Gasteiger partial charge in [0, 0.05) is 18.0 Å². The lowest BCUT2D eigenvalue weighted by molar-refractivity contribution is -0.119. The lowest BCUT2D eigenvalue weighted by Crippen LogP contribution is -2.35. The van der Waals surface area contributed by atoms with E-state index in [1.165, 1.54) is 16.9 Å². The van der Waals surface area contributed by atoms with Gasteiger partial charge in [-0.1, -0.05) is 49.4 Å². The van der Waals surface area contributed by atoms with Crippen molar-refractivity contribution in [3.05, 3.63) is 29.8 Å². The zero-order valence-corrected chi connectivity index (χ0v) is 14.1. The van der Waals surface area contributed by atoms with Gasteiger partial charge in [-0.3, -0.25) is 9.69 Å². The van der Waals surface area contributed by atoms with E-state index in [9.17, 15) is 4.79 Å². The zero-order chi connectivity index (χ0) is 15.7. The first-order valence-electron chi connectivity index (χ1n) is 7.77. The Labute approximate surface area is 135 Å². The van der Waals surface area contributed by atoms with E-state index in [1.54, 1.807) is 0 Å². The Morgan fingerprint density at radius 1 is 1.32 bits per heavy atom. The number of rotatable bonds is 5. The van der Waals surface area contributed by atoms with Crippen molar-refractivity contribution in [2.24, 2.45) is 11.8 Å². The maximum Gasteiger partial charge on any atom is 0.231 e. The molecule has 1 saturated carbocycles. The maximum absolute atomic E-state index is 12.5. The lowest BCUT2D eigenvalue weighted by Gasteiger charge is -2.21. The Balaban J connectivity index is 1.89. The largest absolute Gasteiger partial charge is 0.286 e. The third-order valence-corrected chi connectivity index (χ3v) is 4.74. The molecule has 1 aromatic heterocycles. The Bertz CT molecular complexity index is 676. The van der Waals surface area contributed by atoms with E-state index in [0.717, 1.165) is 28.5 Å². The van der Waals surface area contributed by atoms with Crippen molar-refractivity contribution in [1.29, 1.82) is 0 Å². The van der Waals surface area contributed by atoms with E-state index in [-0.39, 0.29) is 11.8 Å². The summed E-state index contributed by atoms with van der Waals surface area (Å²) in [4.78, 5) is 14.4. The van der Waals surface area contributed by atoms with Crippen molar-refractivity contribution in [2.45, 2.75) is 33.6 Å². The van der Waals surface area contributed by atoms with Gasteiger partial charge < -0.3 is 0 Å². The second kappa shape index (κ2) is 6.16. The summed E-state index contributed by atoms with van der Waals surface area (Å²) in [5.41, 5.74) is 2.27. The number of hydrogen-bond acceptors (Lipinski definition) is 4. The van der Waals surface area contributed by atoms with Gasteiger partial charge in [0.05, 0.1) is 0 Å². The van der Waals surface area contributed by atoms with E-state index in [0.29, 0.717) is 12.5 Å². The van der Waals surface area contributed by atoms with Crippen molar-refractivity contribution in [2.75, 3.05) is 11.4 Å². The third-order valence-electron chi connectivity index (χ3n) is 3.76. The van der Waals surface area contributed by atoms with Crippen LogP contribution in [-0.4, -0.2) is 22.6 Å². The standard InChI is InChI=1S/C17H21N3OS/c1-11(2)10-20(16(21)13-8-9-13)17-19-18-15(22-17)14-7-5-4-6-12(14)3/h4-7,11,13H,8-10H2,1-3H3. The van der Waals surface area contributed by atoms with Gasteiger partial charge in [0.2, 0.25) is 11.0 Å². The van der Waals surface area contributed by atoms with E-state index in [4.69, 9.17) is 0 Å². The summed E-state index contributed by atoms with van der Waals surface area (Å²) in [6.45, 7) is 7.02. The molecule has 3 rings (SSSR count). The molecule has 116 valence electrons. The first-order valence-corrected chi connectivity index (χ1v) is 8.58. The van der Waals surface area contributed by atoms with Gasteiger partial charge in [0.15, 0.2) is 0 Å². The summed E-state index contributed by atoms with van der Waals surface area (Å²) in [5.74, 6) is 0.819. The molecule has 2 aromatic rings. The number of carbonyl (C=O) groups is 1. The minimum absolute atomic E-state index is 0.199. The lowest BCUT2D eigenvalue weighted by atomic mass is 10.1. The number of nitrogens with zero attached hydrogens (tertiary/aromatic N) is 3. The van der Waals surface area contributed by atoms with Crippen LogP contribution in [-0.2, 0) is 4.79 Å². The first kappa shape index (κ1) is 15.2. The van der Waals surface area contributed by atoms with Crippen LogP contribution in [0.5, 0.6) is 0 Å². The molecule has 22 heavy (non-hydrogen) atoms. The molecule has 1 aliphatic rings. The predicted molar refractivity (Wildman–Crippen MR) is 90.0 cm³/mol. The number of hydrogen-bond donors (Lipinski definition) is 0. The summed E-state index contributed by atoms with van der Waals surface area (Å²) in [6.07, 6.45) is 2.02. The molecule has 1 aliphatic carbocycles. The van der Waals surface area contributed by atoms with Crippen LogP contribution in [0.1, 0.15) is 32.3 Å². The van der Waals surface area contributed by atoms with Gasteiger partial charge in [-0.05, 0) is 31.2 Å². The van der Waals surface area contributed by atoms with Crippen molar-refractivity contribution < 1.29 is 4.79 Å². The van der Waals surface area contributed by atoms with E-state index in [2.05, 4.69) is 43.1 Å². The molecule has 1 amide bonds. The highest BCUT2D eigenvalue weighted by atomic mass is 32.1. The molecule has 0 spiro atoms. The van der Waals surface area contributed by atoms with Gasteiger partial charge in [0.25, 0.3) is 0 Å². The average molecular weight is 315 g/mol. The second-order valence-electron chi connectivity index (χ2n) is 6.32. The average Bonchev–Trinajstić information content (AvgIpc) is 3.23. The first-order chi connectivity index (χ1) is 10.6.